The first-order chi connectivity index (χ1) is 56.0. The number of benzene rings is 6. The Morgan fingerprint density at radius 3 is 0.547 bits per heavy atom. The van der Waals surface area contributed by atoms with Crippen LogP contribution in [-0.4, -0.2) is 39.6 Å². The zero-order valence-electron chi connectivity index (χ0n) is 77.8. The minimum atomic E-state index is 0.398. The summed E-state index contributed by atoms with van der Waals surface area (Å²) in [6.45, 7) is 56.2. The van der Waals surface area contributed by atoms with E-state index in [1.54, 1.807) is 0 Å². The summed E-state index contributed by atoms with van der Waals surface area (Å²) in [5.74, 6) is 49.9. The van der Waals surface area contributed by atoms with Gasteiger partial charge in [-0.3, -0.25) is 0 Å². The Balaban J connectivity index is 1.68. The summed E-state index contributed by atoms with van der Waals surface area (Å²) in [5, 5.41) is 0. The van der Waals surface area contributed by atoms with Crippen molar-refractivity contribution in [1.29, 1.82) is 0 Å². The Morgan fingerprint density at radius 2 is 0.368 bits per heavy atom. The molecule has 6 atom stereocenters. The van der Waals surface area contributed by atoms with E-state index in [1.807, 2.05) is 0 Å². The van der Waals surface area contributed by atoms with Gasteiger partial charge in [0.05, 0.1) is 67.5 Å². The lowest BCUT2D eigenvalue weighted by atomic mass is 9.89. The molecule has 0 aliphatic carbocycles. The van der Waals surface area contributed by atoms with Gasteiger partial charge in [-0.1, -0.05) is 299 Å². The van der Waals surface area contributed by atoms with Crippen molar-refractivity contribution < 1.29 is 28.4 Å². The van der Waals surface area contributed by atoms with Gasteiger partial charge >= 0.3 is 0 Å². The van der Waals surface area contributed by atoms with E-state index in [1.165, 1.54) is 103 Å². The highest BCUT2D eigenvalue weighted by atomic mass is 16.5. The third-order valence-electron chi connectivity index (χ3n) is 23.1. The summed E-state index contributed by atoms with van der Waals surface area (Å²) in [7, 11) is 0. The van der Waals surface area contributed by atoms with Crippen molar-refractivity contribution in [3.05, 3.63) is 174 Å². The van der Waals surface area contributed by atoms with E-state index in [-0.39, 0.29) is 0 Å². The number of aryl methyl sites for hydroxylation is 5. The van der Waals surface area contributed by atoms with Crippen molar-refractivity contribution in [2.45, 2.75) is 313 Å². The van der Waals surface area contributed by atoms with Crippen molar-refractivity contribution >= 4 is 0 Å². The number of rotatable bonds is 48. The summed E-state index contributed by atoms with van der Waals surface area (Å²) < 4.78 is 40.3. The van der Waals surface area contributed by atoms with E-state index in [0.29, 0.717) is 144 Å². The summed E-state index contributed by atoms with van der Waals surface area (Å²) in [5.41, 5.74) is 12.3. The zero-order chi connectivity index (χ0) is 85.2. The van der Waals surface area contributed by atoms with E-state index in [2.05, 4.69) is 309 Å². The van der Waals surface area contributed by atoms with Crippen LogP contribution >= 0.6 is 0 Å². The molecular weight excluding hydrogens is 1430 g/mol. The molecule has 6 aromatic rings. The van der Waals surface area contributed by atoms with Gasteiger partial charge in [-0.05, 0) is 263 Å². The third kappa shape index (κ3) is 38.2. The molecule has 0 N–H and O–H groups in total. The molecule has 6 unspecified atom stereocenters. The third-order valence-corrected chi connectivity index (χ3v) is 23.1. The highest BCUT2D eigenvalue weighted by Gasteiger charge is 2.24. The average molecular weight is 1590 g/mol. The van der Waals surface area contributed by atoms with Gasteiger partial charge in [-0.15, -0.1) is 0 Å². The van der Waals surface area contributed by atoms with Crippen LogP contribution in [0.5, 0.6) is 34.5 Å². The van der Waals surface area contributed by atoms with Gasteiger partial charge in [0.1, 0.15) is 28.7 Å². The molecule has 0 heterocycles. The van der Waals surface area contributed by atoms with Crippen LogP contribution in [0.15, 0.2) is 91.0 Å². The number of ether oxygens (including phenoxy) is 6. The van der Waals surface area contributed by atoms with Crippen molar-refractivity contribution in [2.24, 2.45) is 71.0 Å². The fourth-order valence-electron chi connectivity index (χ4n) is 14.9. The van der Waals surface area contributed by atoms with Gasteiger partial charge in [-0.2, -0.15) is 0 Å². The predicted octanol–water partition coefficient (Wildman–Crippen LogP) is 29.6. The molecule has 636 valence electrons. The molecule has 6 heteroatoms. The summed E-state index contributed by atoms with van der Waals surface area (Å²) in [6.07, 6.45) is 27.8. The van der Waals surface area contributed by atoms with E-state index in [4.69, 9.17) is 28.4 Å². The van der Waals surface area contributed by atoms with Crippen LogP contribution < -0.4 is 28.4 Å². The Bertz CT molecular complexity index is 4070. The first-order valence-electron chi connectivity index (χ1n) is 46.1. The fourth-order valence-corrected chi connectivity index (χ4v) is 14.9. The standard InChI is InChI=1S/C111H156O6/c1-79(2)30-24-36-85(13)62-68-112-106-57-47-96(74-91(106)19)42-52-101-102(53-43-97-48-58-107(92(20)75-97)113-69-63-86(14)37-25-31-80(3)4)104(55-45-99-50-60-109(94(22)77-99)115-71-65-88(16)39-27-33-82(7)8)111(117-73-67-90(18)41-29-35-84(11)12)105(56-46-100-51-61-110(95(23)78-100)116-72-66-89(17)40-28-34-83(9)10)103(101)54-44-98-49-59-108(93(21)76-98)114-70-64-87(15)38-26-32-81(5)6/h47-51,57-61,74-90H,24-41,62-73H2,1-23H3. The Morgan fingerprint density at radius 1 is 0.197 bits per heavy atom. The zero-order valence-corrected chi connectivity index (χ0v) is 77.8. The van der Waals surface area contributed by atoms with Crippen LogP contribution in [-0.2, 0) is 0 Å². The van der Waals surface area contributed by atoms with Crippen LogP contribution in [0.2, 0.25) is 0 Å². The Hall–Kier alpha value is -8.08. The van der Waals surface area contributed by atoms with Gasteiger partial charge in [-0.25, -0.2) is 0 Å². The molecule has 0 fully saturated rings. The molecular formula is C111H156O6. The van der Waals surface area contributed by atoms with E-state index >= 15 is 0 Å². The van der Waals surface area contributed by atoms with Gasteiger partial charge in [0, 0.05) is 27.8 Å². The average Bonchev–Trinajstić information content (AvgIpc) is 0.760. The van der Waals surface area contributed by atoms with E-state index in [9.17, 15) is 0 Å². The Labute approximate surface area is 716 Å². The molecule has 0 aromatic heterocycles. The van der Waals surface area contributed by atoms with Gasteiger partial charge in [0.25, 0.3) is 0 Å². The lowest BCUT2D eigenvalue weighted by Crippen LogP contribution is -2.10. The lowest BCUT2D eigenvalue weighted by molar-refractivity contribution is 0.274. The predicted molar refractivity (Wildman–Crippen MR) is 500 cm³/mol. The first-order valence-corrected chi connectivity index (χ1v) is 46.1. The molecule has 0 saturated heterocycles. The monoisotopic (exact) mass is 1590 g/mol. The lowest BCUT2D eigenvalue weighted by Gasteiger charge is -2.18. The largest absolute Gasteiger partial charge is 0.493 e. The van der Waals surface area contributed by atoms with Crippen molar-refractivity contribution in [3.63, 3.8) is 0 Å². The first kappa shape index (κ1) is 97.7. The maximum absolute atomic E-state index is 7.50. The molecule has 0 radical (unpaired) electrons. The minimum Gasteiger partial charge on any atom is -0.493 e. The quantitative estimate of drug-likeness (QED) is 0.0355. The normalized spacial score (nSPS) is 12.8. The van der Waals surface area contributed by atoms with Crippen LogP contribution in [0.1, 0.15) is 362 Å². The van der Waals surface area contributed by atoms with E-state index in [0.717, 1.165) is 136 Å². The second-order valence-corrected chi connectivity index (χ2v) is 37.8. The molecule has 117 heavy (non-hydrogen) atoms. The molecule has 6 aromatic carbocycles. The summed E-state index contributed by atoms with van der Waals surface area (Å²) in [6, 6.07) is 31.5. The molecule has 0 amide bonds. The van der Waals surface area contributed by atoms with Crippen molar-refractivity contribution in [2.75, 3.05) is 39.6 Å². The molecule has 0 spiro atoms. The molecule has 0 bridgehead atoms. The van der Waals surface area contributed by atoms with E-state index < -0.39 is 0 Å². The molecule has 0 saturated carbocycles. The van der Waals surface area contributed by atoms with Crippen LogP contribution in [0, 0.1) is 165 Å². The summed E-state index contributed by atoms with van der Waals surface area (Å²) in [4.78, 5) is 0. The summed E-state index contributed by atoms with van der Waals surface area (Å²) >= 11 is 0. The highest BCUT2D eigenvalue weighted by molar-refractivity contribution is 5.78. The van der Waals surface area contributed by atoms with Crippen LogP contribution in [0.3, 0.4) is 0 Å². The smallest absolute Gasteiger partial charge is 0.153 e. The topological polar surface area (TPSA) is 55.4 Å². The fraction of sp³-hybridized carbons (Fsp3) is 0.586. The molecule has 0 aliphatic heterocycles. The minimum absolute atomic E-state index is 0.398. The Kier molecular flexibility index (Phi) is 44.7. The van der Waals surface area contributed by atoms with Crippen LogP contribution in [0.25, 0.3) is 0 Å². The number of hydrogen-bond donors (Lipinski definition) is 0. The second kappa shape index (κ2) is 53.5. The second-order valence-electron chi connectivity index (χ2n) is 37.8. The molecule has 6 nitrogen and oxygen atoms in total. The number of hydrogen-bond acceptors (Lipinski definition) is 6. The molecule has 0 aliphatic rings. The molecule has 6 rings (SSSR count). The van der Waals surface area contributed by atoms with Gasteiger partial charge in [0.2, 0.25) is 0 Å². The van der Waals surface area contributed by atoms with Crippen molar-refractivity contribution in [1.82, 2.24) is 0 Å². The maximum Gasteiger partial charge on any atom is 0.153 e. The highest BCUT2D eigenvalue weighted by Crippen LogP contribution is 2.37. The van der Waals surface area contributed by atoms with Crippen molar-refractivity contribution in [3.8, 4) is 93.7 Å². The van der Waals surface area contributed by atoms with Crippen LogP contribution in [0.4, 0.5) is 0 Å². The maximum atomic E-state index is 7.50. The van der Waals surface area contributed by atoms with Gasteiger partial charge in [0.15, 0.2) is 5.75 Å². The van der Waals surface area contributed by atoms with Gasteiger partial charge < -0.3 is 28.4 Å². The SMILES string of the molecule is Cc1cc(C#Cc2c(C#Cc3ccc(OCCC(C)CCCC(C)C)c(C)c3)c(C#Cc3ccc(OCCC(C)CCCC(C)C)c(C)c3)c(OCCC(C)CCCC(C)C)c(C#Cc3ccc(OCCC(C)CCCC(C)C)c(C)c3)c2C#Cc2ccc(OCCC(C)CCCC(C)C)c(C)c2)ccc1OCCC(C)CCCC(C)C.